The third-order valence-corrected chi connectivity index (χ3v) is 4.20. The van der Waals surface area contributed by atoms with Crippen LogP contribution < -0.4 is 5.32 Å². The van der Waals surface area contributed by atoms with E-state index in [-0.39, 0.29) is 24.4 Å². The zero-order valence-corrected chi connectivity index (χ0v) is 15.1. The van der Waals surface area contributed by atoms with Gasteiger partial charge in [0.1, 0.15) is 0 Å². The smallest absolute Gasteiger partial charge is 0.338 e. The first-order valence-corrected chi connectivity index (χ1v) is 8.77. The number of amides is 1. The number of hydrogen-bond acceptors (Lipinski definition) is 4. The molecule has 0 spiro atoms. The molecule has 2 N–H and O–H groups in total. The van der Waals surface area contributed by atoms with E-state index in [1.54, 1.807) is 19.1 Å². The third-order valence-electron chi connectivity index (χ3n) is 4.20. The Morgan fingerprint density at radius 1 is 1.04 bits per heavy atom. The van der Waals surface area contributed by atoms with Gasteiger partial charge in [-0.3, -0.25) is 4.79 Å². The molecule has 1 amide bonds. The molecule has 0 radical (unpaired) electrons. The molecule has 26 heavy (non-hydrogen) atoms. The number of benzene rings is 2. The van der Waals surface area contributed by atoms with Gasteiger partial charge in [-0.25, -0.2) is 4.79 Å². The second-order valence-corrected chi connectivity index (χ2v) is 6.16. The maximum atomic E-state index is 12.3. The van der Waals surface area contributed by atoms with Gasteiger partial charge in [0.2, 0.25) is 5.91 Å². The summed E-state index contributed by atoms with van der Waals surface area (Å²) in [5.41, 5.74) is 2.33. The molecule has 138 valence electrons. The summed E-state index contributed by atoms with van der Waals surface area (Å²) in [5, 5.41) is 12.4. The molecule has 2 aromatic rings. The number of aliphatic hydroxyl groups excluding tert-OH is 1. The van der Waals surface area contributed by atoms with Crippen LogP contribution in [0.2, 0.25) is 0 Å². The lowest BCUT2D eigenvalue weighted by molar-refractivity contribution is -0.122. The number of nitrogens with one attached hydrogen (secondary N) is 1. The van der Waals surface area contributed by atoms with Crippen LogP contribution in [0.5, 0.6) is 0 Å². The number of ether oxygens (including phenoxy) is 1. The highest BCUT2D eigenvalue weighted by Gasteiger charge is 2.17. The van der Waals surface area contributed by atoms with Gasteiger partial charge in [-0.2, -0.15) is 0 Å². The van der Waals surface area contributed by atoms with Crippen molar-refractivity contribution in [3.8, 4) is 0 Å². The Morgan fingerprint density at radius 3 is 2.27 bits per heavy atom. The maximum absolute atomic E-state index is 12.3. The van der Waals surface area contributed by atoms with Crippen molar-refractivity contribution >= 4 is 11.9 Å². The number of hydrogen-bond donors (Lipinski definition) is 2. The van der Waals surface area contributed by atoms with E-state index in [9.17, 15) is 14.7 Å². The summed E-state index contributed by atoms with van der Waals surface area (Å²) in [6.45, 7) is 3.90. The van der Waals surface area contributed by atoms with Crippen LogP contribution in [0.25, 0.3) is 0 Å². The summed E-state index contributed by atoms with van der Waals surface area (Å²) in [4.78, 5) is 24.0. The van der Waals surface area contributed by atoms with Gasteiger partial charge in [0.15, 0.2) is 0 Å². The van der Waals surface area contributed by atoms with Crippen LogP contribution in [-0.2, 0) is 9.53 Å². The van der Waals surface area contributed by atoms with E-state index < -0.39 is 6.04 Å². The fourth-order valence-electron chi connectivity index (χ4n) is 2.73. The molecular weight excluding hydrogens is 330 g/mol. The van der Waals surface area contributed by atoms with Crippen molar-refractivity contribution in [1.82, 2.24) is 5.32 Å². The number of rotatable bonds is 8. The minimum atomic E-state index is -0.415. The molecule has 2 atom stereocenters. The van der Waals surface area contributed by atoms with E-state index in [1.165, 1.54) is 0 Å². The Hall–Kier alpha value is -2.66. The van der Waals surface area contributed by atoms with Gasteiger partial charge in [-0.1, -0.05) is 49.4 Å². The highest BCUT2D eigenvalue weighted by atomic mass is 16.5. The van der Waals surface area contributed by atoms with Gasteiger partial charge in [-0.15, -0.1) is 0 Å². The van der Waals surface area contributed by atoms with Crippen molar-refractivity contribution in [2.75, 3.05) is 13.2 Å². The molecule has 0 saturated heterocycles. The normalized spacial score (nSPS) is 12.9. The van der Waals surface area contributed by atoms with E-state index in [0.29, 0.717) is 18.6 Å². The van der Waals surface area contributed by atoms with Crippen molar-refractivity contribution in [3.63, 3.8) is 0 Å². The Morgan fingerprint density at radius 2 is 1.69 bits per heavy atom. The fourth-order valence-corrected chi connectivity index (χ4v) is 2.73. The third kappa shape index (κ3) is 5.43. The lowest BCUT2D eigenvalue weighted by atomic mass is 9.96. The van der Waals surface area contributed by atoms with Crippen molar-refractivity contribution in [2.45, 2.75) is 32.2 Å². The van der Waals surface area contributed by atoms with Crippen LogP contribution in [-0.4, -0.2) is 30.2 Å². The number of esters is 1. The van der Waals surface area contributed by atoms with Gasteiger partial charge < -0.3 is 15.2 Å². The van der Waals surface area contributed by atoms with E-state index in [4.69, 9.17) is 4.74 Å². The summed E-state index contributed by atoms with van der Waals surface area (Å²) in [5.74, 6) is -0.491. The second-order valence-electron chi connectivity index (χ2n) is 6.16. The Kier molecular flexibility index (Phi) is 7.36. The molecule has 0 aliphatic rings. The molecule has 0 aliphatic carbocycles. The van der Waals surface area contributed by atoms with Crippen molar-refractivity contribution in [1.29, 1.82) is 0 Å². The molecule has 5 heteroatoms. The molecule has 0 heterocycles. The monoisotopic (exact) mass is 355 g/mol. The van der Waals surface area contributed by atoms with Crippen molar-refractivity contribution < 1.29 is 19.4 Å². The van der Waals surface area contributed by atoms with Gasteiger partial charge in [-0.05, 0) is 36.1 Å². The molecule has 2 aromatic carbocycles. The van der Waals surface area contributed by atoms with Gasteiger partial charge >= 0.3 is 5.97 Å². The SMILES string of the molecule is CCOC(=O)c1ccc([C@H](C)CC(=O)N[C@H](CO)c2ccccc2)cc1. The minimum absolute atomic E-state index is 0.0126. The summed E-state index contributed by atoms with van der Waals surface area (Å²) in [7, 11) is 0. The summed E-state index contributed by atoms with van der Waals surface area (Å²) in [6, 6.07) is 16.1. The number of carbonyl (C=O) groups is 2. The van der Waals surface area contributed by atoms with Gasteiger partial charge in [0.25, 0.3) is 0 Å². The predicted octanol–water partition coefficient (Wildman–Crippen LogP) is 3.21. The molecule has 0 bridgehead atoms. The first-order chi connectivity index (χ1) is 12.5. The number of carbonyl (C=O) groups excluding carboxylic acids is 2. The molecule has 2 rings (SSSR count). The standard InChI is InChI=1S/C21H25NO4/c1-3-26-21(25)18-11-9-16(10-12-18)15(2)13-20(24)22-19(14-23)17-7-5-4-6-8-17/h4-12,15,19,23H,3,13-14H2,1-2H3,(H,22,24)/t15-,19-/m1/s1. The lowest BCUT2D eigenvalue weighted by Gasteiger charge is -2.18. The molecule has 0 saturated carbocycles. The maximum Gasteiger partial charge on any atom is 0.338 e. The zero-order chi connectivity index (χ0) is 18.9. The summed E-state index contributed by atoms with van der Waals surface area (Å²) in [6.07, 6.45) is 0.294. The summed E-state index contributed by atoms with van der Waals surface area (Å²) >= 11 is 0. The largest absolute Gasteiger partial charge is 0.462 e. The Bertz CT molecular complexity index is 713. The van der Waals surface area contributed by atoms with Crippen LogP contribution in [0, 0.1) is 0 Å². The van der Waals surface area contributed by atoms with Gasteiger partial charge in [0, 0.05) is 6.42 Å². The topological polar surface area (TPSA) is 75.6 Å². The van der Waals surface area contributed by atoms with E-state index in [0.717, 1.165) is 11.1 Å². The molecule has 0 aliphatic heterocycles. The van der Waals surface area contributed by atoms with E-state index in [2.05, 4.69) is 5.32 Å². The van der Waals surface area contributed by atoms with Crippen molar-refractivity contribution in [2.24, 2.45) is 0 Å². The van der Waals surface area contributed by atoms with Gasteiger partial charge in [0.05, 0.1) is 24.8 Å². The fraction of sp³-hybridized carbons (Fsp3) is 0.333. The summed E-state index contributed by atoms with van der Waals surface area (Å²) < 4.78 is 4.96. The lowest BCUT2D eigenvalue weighted by Crippen LogP contribution is -2.31. The molecule has 0 aromatic heterocycles. The number of aliphatic hydroxyl groups is 1. The van der Waals surface area contributed by atoms with E-state index in [1.807, 2.05) is 49.4 Å². The second kappa shape index (κ2) is 9.73. The van der Waals surface area contributed by atoms with E-state index >= 15 is 0 Å². The van der Waals surface area contributed by atoms with Crippen LogP contribution >= 0.6 is 0 Å². The van der Waals surface area contributed by atoms with Crippen LogP contribution in [0.15, 0.2) is 54.6 Å². The highest BCUT2D eigenvalue weighted by Crippen LogP contribution is 2.21. The van der Waals surface area contributed by atoms with Crippen molar-refractivity contribution in [3.05, 3.63) is 71.3 Å². The zero-order valence-electron chi connectivity index (χ0n) is 15.1. The minimum Gasteiger partial charge on any atom is -0.462 e. The quantitative estimate of drug-likeness (QED) is 0.713. The average molecular weight is 355 g/mol. The van der Waals surface area contributed by atoms with Crippen LogP contribution in [0.3, 0.4) is 0 Å². The van der Waals surface area contributed by atoms with Crippen LogP contribution in [0.1, 0.15) is 53.7 Å². The Labute approximate surface area is 154 Å². The first kappa shape index (κ1) is 19.7. The highest BCUT2D eigenvalue weighted by molar-refractivity contribution is 5.89. The molecule has 0 fully saturated rings. The first-order valence-electron chi connectivity index (χ1n) is 8.77. The Balaban J connectivity index is 1.94. The van der Waals surface area contributed by atoms with Crippen LogP contribution in [0.4, 0.5) is 0 Å². The molecular formula is C21H25NO4. The molecule has 0 unspecified atom stereocenters. The molecule has 5 nitrogen and oxygen atoms in total. The average Bonchev–Trinajstić information content (AvgIpc) is 2.67. The predicted molar refractivity (Wildman–Crippen MR) is 99.8 cm³/mol.